The molecular formula is C25H26FN3O5S3. The minimum Gasteiger partial charge on any atom is -0.354 e. The van der Waals surface area contributed by atoms with Crippen molar-refractivity contribution in [3.05, 3.63) is 64.8 Å². The molecule has 2 heterocycles. The summed E-state index contributed by atoms with van der Waals surface area (Å²) in [6.45, 7) is 0.505. The van der Waals surface area contributed by atoms with Crippen LogP contribution in [-0.2, 0) is 19.6 Å². The molecule has 196 valence electrons. The number of sulfonamides is 1. The molecule has 0 spiro atoms. The van der Waals surface area contributed by atoms with Crippen LogP contribution in [0.2, 0.25) is 0 Å². The fourth-order valence-corrected chi connectivity index (χ4v) is 6.84. The lowest BCUT2D eigenvalue weighted by molar-refractivity contribution is -0.127. The van der Waals surface area contributed by atoms with E-state index in [0.717, 1.165) is 39.3 Å². The van der Waals surface area contributed by atoms with Crippen LogP contribution in [0.4, 0.5) is 9.18 Å². The highest BCUT2D eigenvalue weighted by Gasteiger charge is 2.35. The normalized spacial score (nSPS) is 18.5. The molecule has 3 amide bonds. The number of halogens is 1. The van der Waals surface area contributed by atoms with Gasteiger partial charge in [0.05, 0.1) is 9.80 Å². The average Bonchev–Trinajstić information content (AvgIpc) is 3.16. The second-order valence-corrected chi connectivity index (χ2v) is 12.3. The number of benzene rings is 2. The Morgan fingerprint density at radius 3 is 2.38 bits per heavy atom. The van der Waals surface area contributed by atoms with Crippen molar-refractivity contribution in [3.8, 4) is 0 Å². The summed E-state index contributed by atoms with van der Waals surface area (Å²) in [5, 5.41) is 2.38. The molecule has 37 heavy (non-hydrogen) atoms. The number of nitrogens with one attached hydrogen (secondary N) is 1. The number of hydrogen-bond donors (Lipinski definition) is 1. The molecule has 2 aromatic rings. The first-order chi connectivity index (χ1) is 17.7. The summed E-state index contributed by atoms with van der Waals surface area (Å²) in [7, 11) is -3.76. The Hall–Kier alpha value is -2.67. The van der Waals surface area contributed by atoms with Gasteiger partial charge in [-0.05, 0) is 78.9 Å². The minimum absolute atomic E-state index is 0.0139. The first-order valence-corrected chi connectivity index (χ1v) is 15.1. The molecule has 2 fully saturated rings. The Kier molecular flexibility index (Phi) is 8.73. The van der Waals surface area contributed by atoms with Crippen LogP contribution in [0.1, 0.15) is 18.4 Å². The second kappa shape index (κ2) is 11.8. The summed E-state index contributed by atoms with van der Waals surface area (Å²) >= 11 is 2.49. The molecule has 0 radical (unpaired) electrons. The minimum atomic E-state index is -3.76. The van der Waals surface area contributed by atoms with Crippen LogP contribution < -0.4 is 5.32 Å². The van der Waals surface area contributed by atoms with Gasteiger partial charge in [0.1, 0.15) is 5.82 Å². The predicted octanol–water partition coefficient (Wildman–Crippen LogP) is 3.80. The molecule has 0 unspecified atom stereocenters. The first-order valence-electron chi connectivity index (χ1n) is 11.6. The van der Waals surface area contributed by atoms with Crippen molar-refractivity contribution >= 4 is 56.7 Å². The van der Waals surface area contributed by atoms with Crippen LogP contribution in [0.15, 0.2) is 63.2 Å². The van der Waals surface area contributed by atoms with Gasteiger partial charge < -0.3 is 5.32 Å². The topological polar surface area (TPSA) is 104 Å². The largest absolute Gasteiger partial charge is 0.354 e. The molecule has 2 aliphatic heterocycles. The lowest BCUT2D eigenvalue weighted by atomic mass is 9.97. The Morgan fingerprint density at radius 1 is 1.11 bits per heavy atom. The number of imide groups is 1. The van der Waals surface area contributed by atoms with E-state index in [1.807, 2.05) is 30.5 Å². The van der Waals surface area contributed by atoms with E-state index in [-0.39, 0.29) is 48.1 Å². The second-order valence-electron chi connectivity index (χ2n) is 8.53. The standard InChI is InChI=1S/C25H26FN3O5S3/c1-35-20-6-2-17(3-7-20)16-22-24(31)29(25(32)36-22)15-12-27-23(30)18-10-13-28(14-11-18)37(33,34)21-8-4-19(26)5-9-21/h2-9,16,18H,10-15H2,1H3,(H,27,30)/b22-16-. The Morgan fingerprint density at radius 2 is 1.76 bits per heavy atom. The van der Waals surface area contributed by atoms with Crippen molar-refractivity contribution in [3.63, 3.8) is 0 Å². The molecule has 0 aromatic heterocycles. The van der Waals surface area contributed by atoms with Crippen molar-refractivity contribution in [2.24, 2.45) is 5.92 Å². The summed E-state index contributed by atoms with van der Waals surface area (Å²) in [4.78, 5) is 40.3. The van der Waals surface area contributed by atoms with E-state index in [0.29, 0.717) is 17.7 Å². The maximum absolute atomic E-state index is 13.1. The average molecular weight is 564 g/mol. The fraction of sp³-hybridized carbons (Fsp3) is 0.320. The third-order valence-corrected chi connectivity index (χ3v) is 9.76. The van der Waals surface area contributed by atoms with Crippen molar-refractivity contribution in [2.75, 3.05) is 32.4 Å². The molecule has 1 N–H and O–H groups in total. The molecule has 0 bridgehead atoms. The Labute approximate surface area is 223 Å². The summed E-state index contributed by atoms with van der Waals surface area (Å²) < 4.78 is 39.9. The van der Waals surface area contributed by atoms with E-state index in [9.17, 15) is 27.2 Å². The molecule has 2 saturated heterocycles. The van der Waals surface area contributed by atoms with Crippen molar-refractivity contribution in [1.82, 2.24) is 14.5 Å². The van der Waals surface area contributed by atoms with Gasteiger partial charge in [0, 0.05) is 37.0 Å². The van der Waals surface area contributed by atoms with E-state index < -0.39 is 21.7 Å². The zero-order chi connectivity index (χ0) is 26.6. The Bertz CT molecular complexity index is 1310. The molecule has 2 aliphatic rings. The number of rotatable bonds is 8. The molecule has 8 nitrogen and oxygen atoms in total. The number of carbonyl (C=O) groups excluding carboxylic acids is 3. The molecule has 0 saturated carbocycles. The van der Waals surface area contributed by atoms with Gasteiger partial charge in [0.15, 0.2) is 0 Å². The van der Waals surface area contributed by atoms with Gasteiger partial charge in [-0.15, -0.1) is 11.8 Å². The summed E-state index contributed by atoms with van der Waals surface area (Å²) in [6.07, 6.45) is 4.34. The maximum Gasteiger partial charge on any atom is 0.293 e. The lowest BCUT2D eigenvalue weighted by Crippen LogP contribution is -2.44. The maximum atomic E-state index is 13.1. The van der Waals surface area contributed by atoms with Crippen LogP contribution in [0.25, 0.3) is 6.08 Å². The number of piperidine rings is 1. The molecule has 0 aliphatic carbocycles. The summed E-state index contributed by atoms with van der Waals surface area (Å²) in [6, 6.07) is 12.3. The van der Waals surface area contributed by atoms with Gasteiger partial charge in [-0.25, -0.2) is 12.8 Å². The van der Waals surface area contributed by atoms with Gasteiger partial charge in [0.2, 0.25) is 15.9 Å². The van der Waals surface area contributed by atoms with Crippen LogP contribution >= 0.6 is 23.5 Å². The van der Waals surface area contributed by atoms with Crippen molar-refractivity contribution in [1.29, 1.82) is 0 Å². The zero-order valence-corrected chi connectivity index (χ0v) is 22.5. The zero-order valence-electron chi connectivity index (χ0n) is 20.1. The molecule has 12 heteroatoms. The molecule has 2 aromatic carbocycles. The first kappa shape index (κ1) is 27.4. The van der Waals surface area contributed by atoms with Gasteiger partial charge in [-0.3, -0.25) is 19.3 Å². The highest BCUT2D eigenvalue weighted by Crippen LogP contribution is 2.32. The van der Waals surface area contributed by atoms with Gasteiger partial charge in [-0.2, -0.15) is 4.31 Å². The lowest BCUT2D eigenvalue weighted by Gasteiger charge is -2.30. The van der Waals surface area contributed by atoms with Crippen molar-refractivity contribution < 1.29 is 27.2 Å². The molecular weight excluding hydrogens is 537 g/mol. The fourth-order valence-electron chi connectivity index (χ4n) is 4.09. The quantitative estimate of drug-likeness (QED) is 0.385. The van der Waals surface area contributed by atoms with Crippen LogP contribution in [0.5, 0.6) is 0 Å². The number of carbonyl (C=O) groups is 3. The van der Waals surface area contributed by atoms with Crippen molar-refractivity contribution in [2.45, 2.75) is 22.6 Å². The number of amides is 3. The number of nitrogens with zero attached hydrogens (tertiary/aromatic N) is 2. The van der Waals surface area contributed by atoms with E-state index >= 15 is 0 Å². The summed E-state index contributed by atoms with van der Waals surface area (Å²) in [5.74, 6) is -1.52. The SMILES string of the molecule is CSc1ccc(/C=C2\SC(=O)N(CCNC(=O)C3CCN(S(=O)(=O)c4ccc(F)cc4)CC3)C2=O)cc1. The van der Waals surface area contributed by atoms with E-state index in [1.165, 1.54) is 16.4 Å². The third kappa shape index (κ3) is 6.43. The monoisotopic (exact) mass is 563 g/mol. The van der Waals surface area contributed by atoms with Gasteiger partial charge >= 0.3 is 0 Å². The van der Waals surface area contributed by atoms with Crippen LogP contribution in [-0.4, -0.2) is 67.1 Å². The molecule has 0 atom stereocenters. The number of thioether (sulfide) groups is 2. The number of hydrogen-bond acceptors (Lipinski definition) is 7. The highest BCUT2D eigenvalue weighted by molar-refractivity contribution is 8.18. The van der Waals surface area contributed by atoms with E-state index in [1.54, 1.807) is 17.8 Å². The van der Waals surface area contributed by atoms with E-state index in [4.69, 9.17) is 0 Å². The van der Waals surface area contributed by atoms with Crippen LogP contribution in [0.3, 0.4) is 0 Å². The van der Waals surface area contributed by atoms with Crippen LogP contribution in [0, 0.1) is 11.7 Å². The summed E-state index contributed by atoms with van der Waals surface area (Å²) in [5.41, 5.74) is 0.824. The third-order valence-electron chi connectivity index (χ3n) is 6.20. The smallest absolute Gasteiger partial charge is 0.293 e. The van der Waals surface area contributed by atoms with E-state index in [2.05, 4.69) is 5.32 Å². The van der Waals surface area contributed by atoms with Gasteiger partial charge in [0.25, 0.3) is 11.1 Å². The van der Waals surface area contributed by atoms with Gasteiger partial charge in [-0.1, -0.05) is 12.1 Å². The predicted molar refractivity (Wildman–Crippen MR) is 142 cm³/mol. The molecule has 4 rings (SSSR count). The highest BCUT2D eigenvalue weighted by atomic mass is 32.2. The Balaban J connectivity index is 1.25.